The predicted molar refractivity (Wildman–Crippen MR) is 132 cm³/mol. The van der Waals surface area contributed by atoms with Crippen LogP contribution >= 0.6 is 0 Å². The quantitative estimate of drug-likeness (QED) is 0.569. The van der Waals surface area contributed by atoms with Gasteiger partial charge in [-0.1, -0.05) is 42.0 Å². The number of pyridine rings is 1. The van der Waals surface area contributed by atoms with E-state index in [0.717, 1.165) is 56.1 Å². The molecule has 0 saturated carbocycles. The van der Waals surface area contributed by atoms with Gasteiger partial charge < -0.3 is 10.2 Å². The Bertz CT molecular complexity index is 1040. The second-order valence-corrected chi connectivity index (χ2v) is 8.18. The highest BCUT2D eigenvalue weighted by Crippen LogP contribution is 2.26. The third kappa shape index (κ3) is 6.05. The second kappa shape index (κ2) is 10.7. The Kier molecular flexibility index (Phi) is 7.31. The summed E-state index contributed by atoms with van der Waals surface area (Å²) >= 11 is 0. The van der Waals surface area contributed by atoms with Crippen molar-refractivity contribution in [3.63, 3.8) is 0 Å². The molecule has 1 fully saturated rings. The molecule has 2 heterocycles. The van der Waals surface area contributed by atoms with Crippen LogP contribution in [-0.4, -0.2) is 48.5 Å². The highest BCUT2D eigenvalue weighted by Gasteiger charge is 2.19. The average molecular weight is 427 g/mol. The molecule has 1 saturated heterocycles. The lowest BCUT2D eigenvalue weighted by atomic mass is 10.1. The van der Waals surface area contributed by atoms with Gasteiger partial charge >= 0.3 is 0 Å². The number of benzene rings is 2. The number of nitrogens with one attached hydrogen (secondary N) is 1. The standard InChI is InChI=1S/C27H30N4O/c1-22-6-8-23(9-7-22)10-11-27(32)29-25-4-2-3-5-26(25)31-20-18-30(19-21-31)17-14-24-12-15-28-16-13-24/h2-13,15-16H,14,17-21H2,1H3,(H,29,32)/b11-10+. The van der Waals surface area contributed by atoms with Gasteiger partial charge in [-0.25, -0.2) is 0 Å². The molecule has 0 aliphatic carbocycles. The Morgan fingerprint density at radius 2 is 1.69 bits per heavy atom. The number of carbonyl (C=O) groups excluding carboxylic acids is 1. The Labute approximate surface area is 190 Å². The van der Waals surface area contributed by atoms with Crippen molar-refractivity contribution in [3.8, 4) is 0 Å². The summed E-state index contributed by atoms with van der Waals surface area (Å²) in [6.45, 7) is 7.03. The molecule has 5 heteroatoms. The summed E-state index contributed by atoms with van der Waals surface area (Å²) in [4.78, 5) is 21.5. The van der Waals surface area contributed by atoms with Gasteiger partial charge in [0, 0.05) is 51.2 Å². The summed E-state index contributed by atoms with van der Waals surface area (Å²) in [5.41, 5.74) is 5.49. The van der Waals surface area contributed by atoms with E-state index < -0.39 is 0 Å². The molecule has 1 aliphatic rings. The minimum absolute atomic E-state index is 0.117. The third-order valence-corrected chi connectivity index (χ3v) is 5.85. The van der Waals surface area contributed by atoms with Gasteiger partial charge in [-0.2, -0.15) is 0 Å². The zero-order chi connectivity index (χ0) is 22.2. The number of piperazine rings is 1. The number of aromatic nitrogens is 1. The SMILES string of the molecule is Cc1ccc(/C=C/C(=O)Nc2ccccc2N2CCN(CCc3ccncc3)CC2)cc1. The molecule has 0 bridgehead atoms. The third-order valence-electron chi connectivity index (χ3n) is 5.85. The van der Waals surface area contributed by atoms with Crippen molar-refractivity contribution in [2.24, 2.45) is 0 Å². The number of amides is 1. The lowest BCUT2D eigenvalue weighted by Crippen LogP contribution is -2.47. The van der Waals surface area contributed by atoms with E-state index >= 15 is 0 Å². The lowest BCUT2D eigenvalue weighted by Gasteiger charge is -2.37. The van der Waals surface area contributed by atoms with E-state index in [9.17, 15) is 4.79 Å². The first kappa shape index (κ1) is 21.8. The van der Waals surface area contributed by atoms with Crippen molar-refractivity contribution in [2.75, 3.05) is 42.9 Å². The maximum Gasteiger partial charge on any atom is 0.248 e. The van der Waals surface area contributed by atoms with Crippen LogP contribution in [0.1, 0.15) is 16.7 Å². The van der Waals surface area contributed by atoms with Crippen molar-refractivity contribution in [2.45, 2.75) is 13.3 Å². The number of rotatable bonds is 7. The molecule has 1 aromatic heterocycles. The van der Waals surface area contributed by atoms with Gasteiger partial charge in [0.05, 0.1) is 11.4 Å². The molecule has 5 nitrogen and oxygen atoms in total. The van der Waals surface area contributed by atoms with Crippen LogP contribution in [0.15, 0.2) is 79.1 Å². The van der Waals surface area contributed by atoms with Crippen LogP contribution in [0.3, 0.4) is 0 Å². The average Bonchev–Trinajstić information content (AvgIpc) is 2.84. The van der Waals surface area contributed by atoms with Gasteiger partial charge in [-0.05, 0) is 54.8 Å². The summed E-state index contributed by atoms with van der Waals surface area (Å²) in [5.74, 6) is -0.117. The number of aryl methyl sites for hydroxylation is 1. The molecule has 164 valence electrons. The van der Waals surface area contributed by atoms with E-state index in [0.29, 0.717) is 0 Å². The number of hydrogen-bond donors (Lipinski definition) is 1. The molecular formula is C27H30N4O. The van der Waals surface area contributed by atoms with E-state index in [1.165, 1.54) is 11.1 Å². The summed E-state index contributed by atoms with van der Waals surface area (Å²) < 4.78 is 0. The monoisotopic (exact) mass is 426 g/mol. The van der Waals surface area contributed by atoms with Crippen LogP contribution in [0.2, 0.25) is 0 Å². The molecule has 3 aromatic rings. The second-order valence-electron chi connectivity index (χ2n) is 8.18. The maximum atomic E-state index is 12.5. The fraction of sp³-hybridized carbons (Fsp3) is 0.259. The van der Waals surface area contributed by atoms with Crippen molar-refractivity contribution >= 4 is 23.4 Å². The number of nitrogens with zero attached hydrogens (tertiary/aromatic N) is 3. The molecule has 32 heavy (non-hydrogen) atoms. The molecule has 1 aliphatic heterocycles. The molecule has 0 spiro atoms. The summed E-state index contributed by atoms with van der Waals surface area (Å²) in [7, 11) is 0. The Morgan fingerprint density at radius 1 is 0.969 bits per heavy atom. The first-order valence-electron chi connectivity index (χ1n) is 11.2. The first-order chi connectivity index (χ1) is 15.7. The minimum atomic E-state index is -0.117. The van der Waals surface area contributed by atoms with Gasteiger partial charge in [-0.15, -0.1) is 0 Å². The Hall–Kier alpha value is -3.44. The van der Waals surface area contributed by atoms with Gasteiger partial charge in [0.15, 0.2) is 0 Å². The number of anilines is 2. The summed E-state index contributed by atoms with van der Waals surface area (Å²) in [5, 5.41) is 3.06. The topological polar surface area (TPSA) is 48.5 Å². The lowest BCUT2D eigenvalue weighted by molar-refractivity contribution is -0.111. The Balaban J connectivity index is 1.32. The predicted octanol–water partition coefficient (Wildman–Crippen LogP) is 4.41. The molecule has 2 aromatic carbocycles. The van der Waals surface area contributed by atoms with Gasteiger partial charge in [-0.3, -0.25) is 14.7 Å². The molecule has 0 atom stereocenters. The zero-order valence-corrected chi connectivity index (χ0v) is 18.6. The van der Waals surface area contributed by atoms with E-state index in [2.05, 4.69) is 45.2 Å². The smallest absolute Gasteiger partial charge is 0.248 e. The number of para-hydroxylation sites is 2. The highest BCUT2D eigenvalue weighted by molar-refractivity contribution is 6.03. The molecule has 0 radical (unpaired) electrons. The highest BCUT2D eigenvalue weighted by atomic mass is 16.1. The fourth-order valence-electron chi connectivity index (χ4n) is 3.93. The molecule has 0 unspecified atom stereocenters. The number of hydrogen-bond acceptors (Lipinski definition) is 4. The van der Waals surface area contributed by atoms with Crippen molar-refractivity contribution in [3.05, 3.63) is 95.8 Å². The van der Waals surface area contributed by atoms with Gasteiger partial charge in [0.2, 0.25) is 5.91 Å². The van der Waals surface area contributed by atoms with E-state index in [1.54, 1.807) is 6.08 Å². The molecule has 1 amide bonds. The minimum Gasteiger partial charge on any atom is -0.367 e. The summed E-state index contributed by atoms with van der Waals surface area (Å²) in [6.07, 6.45) is 8.20. The molecule has 1 N–H and O–H groups in total. The molecular weight excluding hydrogens is 396 g/mol. The maximum absolute atomic E-state index is 12.5. The zero-order valence-electron chi connectivity index (χ0n) is 18.6. The van der Waals surface area contributed by atoms with Crippen LogP contribution in [0.25, 0.3) is 6.08 Å². The van der Waals surface area contributed by atoms with Gasteiger partial charge in [0.25, 0.3) is 0 Å². The van der Waals surface area contributed by atoms with Crippen LogP contribution < -0.4 is 10.2 Å². The van der Waals surface area contributed by atoms with E-state index in [4.69, 9.17) is 0 Å². The number of carbonyl (C=O) groups is 1. The van der Waals surface area contributed by atoms with Gasteiger partial charge in [0.1, 0.15) is 0 Å². The van der Waals surface area contributed by atoms with Crippen LogP contribution in [0.4, 0.5) is 11.4 Å². The van der Waals surface area contributed by atoms with E-state index in [1.807, 2.05) is 60.9 Å². The fourth-order valence-corrected chi connectivity index (χ4v) is 3.93. The van der Waals surface area contributed by atoms with Crippen LogP contribution in [-0.2, 0) is 11.2 Å². The summed E-state index contributed by atoms with van der Waals surface area (Å²) in [6, 6.07) is 20.4. The normalized spacial score (nSPS) is 14.6. The van der Waals surface area contributed by atoms with E-state index in [-0.39, 0.29) is 5.91 Å². The Morgan fingerprint density at radius 3 is 2.44 bits per heavy atom. The largest absolute Gasteiger partial charge is 0.367 e. The van der Waals surface area contributed by atoms with Crippen LogP contribution in [0, 0.1) is 6.92 Å². The van der Waals surface area contributed by atoms with Crippen molar-refractivity contribution in [1.82, 2.24) is 9.88 Å². The molecule has 4 rings (SSSR count). The van der Waals surface area contributed by atoms with Crippen molar-refractivity contribution < 1.29 is 4.79 Å². The van der Waals surface area contributed by atoms with Crippen molar-refractivity contribution in [1.29, 1.82) is 0 Å². The van der Waals surface area contributed by atoms with Crippen LogP contribution in [0.5, 0.6) is 0 Å². The first-order valence-corrected chi connectivity index (χ1v) is 11.2.